The molecule has 0 spiro atoms. The van der Waals surface area contributed by atoms with E-state index in [0.29, 0.717) is 17.0 Å². The standard InChI is InChI=1S/C12H19ClN6/c1-8(5-6-18(3)4)16-11-9(2)10(13)17-12-14-7-15-19(11)12/h7-8,16H,5-6H2,1-4H3. The molecule has 1 atom stereocenters. The molecule has 0 bridgehead atoms. The van der Waals surface area contributed by atoms with Gasteiger partial charge >= 0.3 is 0 Å². The van der Waals surface area contributed by atoms with Gasteiger partial charge in [0.15, 0.2) is 0 Å². The van der Waals surface area contributed by atoms with Crippen molar-refractivity contribution in [1.29, 1.82) is 0 Å². The van der Waals surface area contributed by atoms with Crippen molar-refractivity contribution in [1.82, 2.24) is 24.5 Å². The predicted octanol–water partition coefficient (Wildman–Crippen LogP) is 1.84. The first-order valence-corrected chi connectivity index (χ1v) is 6.64. The van der Waals surface area contributed by atoms with Crippen molar-refractivity contribution in [2.75, 3.05) is 26.0 Å². The van der Waals surface area contributed by atoms with Crippen LogP contribution in [0.1, 0.15) is 18.9 Å². The lowest BCUT2D eigenvalue weighted by molar-refractivity contribution is 0.390. The van der Waals surface area contributed by atoms with Gasteiger partial charge in [-0.25, -0.2) is 0 Å². The van der Waals surface area contributed by atoms with Crippen molar-refractivity contribution >= 4 is 23.2 Å². The highest BCUT2D eigenvalue weighted by molar-refractivity contribution is 6.30. The molecule has 0 aliphatic rings. The monoisotopic (exact) mass is 282 g/mol. The van der Waals surface area contributed by atoms with Crippen molar-refractivity contribution in [2.24, 2.45) is 0 Å². The van der Waals surface area contributed by atoms with Crippen molar-refractivity contribution in [2.45, 2.75) is 26.3 Å². The molecule has 0 aliphatic heterocycles. The number of halogens is 1. The molecule has 2 aromatic rings. The largest absolute Gasteiger partial charge is 0.367 e. The molecule has 2 heterocycles. The van der Waals surface area contributed by atoms with E-state index in [1.165, 1.54) is 6.33 Å². The zero-order valence-electron chi connectivity index (χ0n) is 11.7. The van der Waals surface area contributed by atoms with Crippen LogP contribution >= 0.6 is 11.6 Å². The van der Waals surface area contributed by atoms with Crippen LogP contribution in [-0.4, -0.2) is 51.2 Å². The molecule has 0 saturated carbocycles. The minimum absolute atomic E-state index is 0.312. The van der Waals surface area contributed by atoms with E-state index in [1.807, 2.05) is 6.92 Å². The van der Waals surface area contributed by atoms with E-state index in [9.17, 15) is 0 Å². The fraction of sp³-hybridized carbons (Fsp3) is 0.583. The highest BCUT2D eigenvalue weighted by atomic mass is 35.5. The van der Waals surface area contributed by atoms with Gasteiger partial charge in [-0.3, -0.25) is 0 Å². The summed E-state index contributed by atoms with van der Waals surface area (Å²) in [7, 11) is 4.13. The summed E-state index contributed by atoms with van der Waals surface area (Å²) >= 11 is 6.12. The lowest BCUT2D eigenvalue weighted by Gasteiger charge is -2.19. The molecule has 19 heavy (non-hydrogen) atoms. The number of nitrogens with one attached hydrogen (secondary N) is 1. The lowest BCUT2D eigenvalue weighted by atomic mass is 10.2. The molecule has 0 fully saturated rings. The number of fused-ring (bicyclic) bond motifs is 1. The Morgan fingerprint density at radius 2 is 2.21 bits per heavy atom. The number of hydrogen-bond acceptors (Lipinski definition) is 5. The fourth-order valence-electron chi connectivity index (χ4n) is 1.82. The summed E-state index contributed by atoms with van der Waals surface area (Å²) in [5.41, 5.74) is 0.886. The third-order valence-corrected chi connectivity index (χ3v) is 3.36. The van der Waals surface area contributed by atoms with Gasteiger partial charge in [0.25, 0.3) is 5.78 Å². The Hall–Kier alpha value is -1.40. The summed E-state index contributed by atoms with van der Waals surface area (Å²) in [6.45, 7) is 5.09. The van der Waals surface area contributed by atoms with E-state index < -0.39 is 0 Å². The van der Waals surface area contributed by atoms with Crippen LogP contribution in [0.3, 0.4) is 0 Å². The average molecular weight is 283 g/mol. The summed E-state index contributed by atoms with van der Waals surface area (Å²) < 4.78 is 1.69. The number of nitrogens with zero attached hydrogens (tertiary/aromatic N) is 5. The Labute approximate surface area is 117 Å². The Bertz CT molecular complexity index is 565. The molecule has 1 unspecified atom stereocenters. The van der Waals surface area contributed by atoms with Crippen molar-refractivity contribution < 1.29 is 0 Å². The molecule has 1 N–H and O–H groups in total. The Kier molecular flexibility index (Phi) is 4.21. The topological polar surface area (TPSA) is 58.4 Å². The second-order valence-corrected chi connectivity index (χ2v) is 5.34. The van der Waals surface area contributed by atoms with Crippen LogP contribution in [0, 0.1) is 6.92 Å². The van der Waals surface area contributed by atoms with Crippen LogP contribution in [0.4, 0.5) is 5.82 Å². The van der Waals surface area contributed by atoms with E-state index in [2.05, 4.69) is 46.3 Å². The molecule has 0 aromatic carbocycles. The van der Waals surface area contributed by atoms with Crippen LogP contribution in [0.15, 0.2) is 6.33 Å². The van der Waals surface area contributed by atoms with Crippen LogP contribution in [0.5, 0.6) is 0 Å². The van der Waals surface area contributed by atoms with Gasteiger partial charge in [-0.15, -0.1) is 0 Å². The summed E-state index contributed by atoms with van der Waals surface area (Å²) in [4.78, 5) is 10.4. The van der Waals surface area contributed by atoms with E-state index >= 15 is 0 Å². The summed E-state index contributed by atoms with van der Waals surface area (Å²) in [6.07, 6.45) is 2.51. The van der Waals surface area contributed by atoms with Gasteiger partial charge in [-0.05, 0) is 40.9 Å². The molecule has 0 saturated heterocycles. The maximum atomic E-state index is 6.12. The van der Waals surface area contributed by atoms with Gasteiger partial charge in [0.05, 0.1) is 0 Å². The zero-order valence-corrected chi connectivity index (χ0v) is 12.4. The van der Waals surface area contributed by atoms with Crippen molar-refractivity contribution in [3.63, 3.8) is 0 Å². The lowest BCUT2D eigenvalue weighted by Crippen LogP contribution is -2.24. The Morgan fingerprint density at radius 3 is 2.89 bits per heavy atom. The number of anilines is 1. The number of hydrogen-bond donors (Lipinski definition) is 1. The molecule has 7 heteroatoms. The maximum Gasteiger partial charge on any atom is 0.255 e. The SMILES string of the molecule is Cc1c(Cl)nc2ncnn2c1NC(C)CCN(C)C. The Balaban J connectivity index is 2.23. The predicted molar refractivity (Wildman–Crippen MR) is 76.8 cm³/mol. The molecule has 104 valence electrons. The second kappa shape index (κ2) is 5.71. The molecule has 6 nitrogen and oxygen atoms in total. The molecule has 2 aromatic heterocycles. The highest BCUT2D eigenvalue weighted by Gasteiger charge is 2.14. The van der Waals surface area contributed by atoms with Crippen LogP contribution in [0.2, 0.25) is 5.15 Å². The summed E-state index contributed by atoms with van der Waals surface area (Å²) in [5.74, 6) is 1.37. The van der Waals surface area contributed by atoms with Gasteiger partial charge in [-0.2, -0.15) is 19.6 Å². The molecule has 0 radical (unpaired) electrons. The molecular formula is C12H19ClN6. The fourth-order valence-corrected chi connectivity index (χ4v) is 1.99. The van der Waals surface area contributed by atoms with Gasteiger partial charge in [0.2, 0.25) is 0 Å². The first-order chi connectivity index (χ1) is 8.99. The van der Waals surface area contributed by atoms with E-state index in [-0.39, 0.29) is 0 Å². The molecule has 0 aliphatic carbocycles. The first-order valence-electron chi connectivity index (χ1n) is 6.26. The van der Waals surface area contributed by atoms with E-state index in [4.69, 9.17) is 11.6 Å². The highest BCUT2D eigenvalue weighted by Crippen LogP contribution is 2.22. The average Bonchev–Trinajstić information content (AvgIpc) is 2.80. The zero-order chi connectivity index (χ0) is 14.0. The number of rotatable bonds is 5. The van der Waals surface area contributed by atoms with Gasteiger partial charge in [0.1, 0.15) is 17.3 Å². The van der Waals surface area contributed by atoms with E-state index in [0.717, 1.165) is 24.3 Å². The molecule has 2 rings (SSSR count). The molecular weight excluding hydrogens is 264 g/mol. The van der Waals surface area contributed by atoms with E-state index in [1.54, 1.807) is 4.52 Å². The third kappa shape index (κ3) is 3.13. The number of aromatic nitrogens is 4. The molecule has 0 amide bonds. The summed E-state index contributed by atoms with van der Waals surface area (Å²) in [6, 6.07) is 0.312. The minimum Gasteiger partial charge on any atom is -0.367 e. The van der Waals surface area contributed by atoms with Gasteiger partial charge in [-0.1, -0.05) is 11.6 Å². The van der Waals surface area contributed by atoms with Crippen LogP contribution < -0.4 is 5.32 Å². The van der Waals surface area contributed by atoms with Crippen LogP contribution in [0.25, 0.3) is 5.78 Å². The second-order valence-electron chi connectivity index (χ2n) is 4.99. The smallest absolute Gasteiger partial charge is 0.255 e. The quantitative estimate of drug-likeness (QED) is 0.848. The summed E-state index contributed by atoms with van der Waals surface area (Å²) in [5, 5.41) is 8.09. The van der Waals surface area contributed by atoms with Gasteiger partial charge < -0.3 is 10.2 Å². The first kappa shape index (κ1) is 14.0. The third-order valence-electron chi connectivity index (χ3n) is 3.00. The minimum atomic E-state index is 0.312. The normalized spacial score (nSPS) is 13.2. The Morgan fingerprint density at radius 1 is 1.47 bits per heavy atom. The van der Waals surface area contributed by atoms with Gasteiger partial charge in [0, 0.05) is 11.6 Å². The maximum absolute atomic E-state index is 6.12. The van der Waals surface area contributed by atoms with Crippen molar-refractivity contribution in [3.8, 4) is 0 Å². The van der Waals surface area contributed by atoms with Crippen molar-refractivity contribution in [3.05, 3.63) is 17.0 Å². The van der Waals surface area contributed by atoms with Crippen LogP contribution in [-0.2, 0) is 0 Å².